The number of alkyl halides is 3. The molecular weight excluding hydrogens is 265 g/mol. The molecule has 0 radical (unpaired) electrons. The van der Waals surface area contributed by atoms with Gasteiger partial charge in [-0.05, 0) is 44.4 Å². The maximum atomic E-state index is 13.4. The van der Waals surface area contributed by atoms with E-state index >= 15 is 0 Å². The van der Waals surface area contributed by atoms with Crippen LogP contribution in [0.3, 0.4) is 0 Å². The largest absolute Gasteiger partial charge is 0.354 e. The average Bonchev–Trinajstić information content (AvgIpc) is 3.21. The fraction of sp³-hybridized carbons (Fsp3) is 0.533. The van der Waals surface area contributed by atoms with E-state index in [4.69, 9.17) is 5.41 Å². The number of hydrogen-bond acceptors (Lipinski definition) is 2. The maximum Gasteiger partial charge on any atom is 0.278 e. The molecule has 0 saturated heterocycles. The lowest BCUT2D eigenvalue weighted by molar-refractivity contribution is 0.182. The highest BCUT2D eigenvalue weighted by molar-refractivity contribution is 5.96. The second-order valence-electron chi connectivity index (χ2n) is 4.80. The van der Waals surface area contributed by atoms with E-state index in [9.17, 15) is 13.2 Å². The van der Waals surface area contributed by atoms with E-state index in [2.05, 4.69) is 5.32 Å². The first-order valence-electron chi connectivity index (χ1n) is 6.81. The number of nitrogens with one attached hydrogen (secondary N) is 2. The summed E-state index contributed by atoms with van der Waals surface area (Å²) in [5.41, 5.74) is 0.145. The first-order chi connectivity index (χ1) is 9.47. The summed E-state index contributed by atoms with van der Waals surface area (Å²) in [4.78, 5) is 0. The number of halogens is 3. The van der Waals surface area contributed by atoms with Crippen molar-refractivity contribution in [3.8, 4) is 0 Å². The molecule has 0 aliphatic heterocycles. The second kappa shape index (κ2) is 7.92. The van der Waals surface area contributed by atoms with Gasteiger partial charge in [0.25, 0.3) is 6.43 Å². The summed E-state index contributed by atoms with van der Waals surface area (Å²) in [6, 6.07) is 0. The van der Waals surface area contributed by atoms with Crippen LogP contribution in [0.5, 0.6) is 0 Å². The van der Waals surface area contributed by atoms with E-state index in [1.165, 1.54) is 12.2 Å². The highest BCUT2D eigenvalue weighted by Crippen LogP contribution is 2.31. The first-order valence-corrected chi connectivity index (χ1v) is 6.81. The van der Waals surface area contributed by atoms with Crippen LogP contribution in [0.15, 0.2) is 35.7 Å². The minimum atomic E-state index is -2.72. The van der Waals surface area contributed by atoms with Crippen molar-refractivity contribution in [1.82, 2.24) is 5.32 Å². The van der Waals surface area contributed by atoms with Gasteiger partial charge in [0.1, 0.15) is 6.17 Å². The molecule has 112 valence electrons. The topological polar surface area (TPSA) is 35.9 Å². The van der Waals surface area contributed by atoms with Crippen molar-refractivity contribution in [3.05, 3.63) is 35.7 Å². The van der Waals surface area contributed by atoms with Crippen LogP contribution >= 0.6 is 0 Å². The van der Waals surface area contributed by atoms with Crippen LogP contribution < -0.4 is 5.32 Å². The van der Waals surface area contributed by atoms with Crippen LogP contribution in [0.25, 0.3) is 0 Å². The third-order valence-corrected chi connectivity index (χ3v) is 2.95. The van der Waals surface area contributed by atoms with Crippen molar-refractivity contribution in [2.24, 2.45) is 5.92 Å². The van der Waals surface area contributed by atoms with Crippen molar-refractivity contribution in [3.63, 3.8) is 0 Å². The Balaban J connectivity index is 2.85. The predicted octanol–water partition coefficient (Wildman–Crippen LogP) is 4.36. The van der Waals surface area contributed by atoms with Gasteiger partial charge in [0.15, 0.2) is 0 Å². The number of hydrogen-bond donors (Lipinski definition) is 2. The lowest BCUT2D eigenvalue weighted by Gasteiger charge is -2.12. The van der Waals surface area contributed by atoms with Gasteiger partial charge in [-0.2, -0.15) is 0 Å². The number of allylic oxidation sites excluding steroid dienone is 5. The normalized spacial score (nSPS) is 18.7. The molecule has 20 heavy (non-hydrogen) atoms. The Morgan fingerprint density at radius 2 is 2.00 bits per heavy atom. The van der Waals surface area contributed by atoms with Gasteiger partial charge in [-0.15, -0.1) is 0 Å². The molecule has 0 heterocycles. The molecule has 5 heteroatoms. The first kappa shape index (κ1) is 16.5. The quantitative estimate of drug-likeness (QED) is 0.504. The summed E-state index contributed by atoms with van der Waals surface area (Å²) in [5, 5.41) is 10.2. The van der Waals surface area contributed by atoms with E-state index in [1.54, 1.807) is 26.0 Å². The van der Waals surface area contributed by atoms with Crippen LogP contribution in [0, 0.1) is 11.3 Å². The molecule has 2 nitrogen and oxygen atoms in total. The molecule has 1 rings (SSSR count). The van der Waals surface area contributed by atoms with Crippen LogP contribution in [-0.2, 0) is 0 Å². The molecule has 0 aromatic rings. The minimum Gasteiger partial charge on any atom is -0.354 e. The third-order valence-electron chi connectivity index (χ3n) is 2.95. The zero-order valence-corrected chi connectivity index (χ0v) is 11.8. The molecule has 1 aliphatic rings. The Hall–Kier alpha value is -1.52. The molecule has 2 N–H and O–H groups in total. The van der Waals surface area contributed by atoms with Gasteiger partial charge in [0.2, 0.25) is 0 Å². The zero-order chi connectivity index (χ0) is 15.1. The SMILES string of the molecule is C/C=C\C(=C/C(F)CC)N/C(=C\C(=N)C1CC1)C(F)F. The van der Waals surface area contributed by atoms with E-state index in [0.717, 1.165) is 12.8 Å². The Labute approximate surface area is 118 Å². The average molecular weight is 286 g/mol. The monoisotopic (exact) mass is 286 g/mol. The van der Waals surface area contributed by atoms with Crippen LogP contribution in [0.2, 0.25) is 0 Å². The fourth-order valence-electron chi connectivity index (χ4n) is 1.63. The second-order valence-corrected chi connectivity index (χ2v) is 4.80. The lowest BCUT2D eigenvalue weighted by atomic mass is 10.2. The van der Waals surface area contributed by atoms with Crippen LogP contribution in [0.4, 0.5) is 13.2 Å². The highest BCUT2D eigenvalue weighted by Gasteiger charge is 2.26. The van der Waals surface area contributed by atoms with Crippen molar-refractivity contribution >= 4 is 5.71 Å². The molecular formula is C15H21F3N2. The molecule has 1 atom stereocenters. The Morgan fingerprint density at radius 3 is 2.45 bits per heavy atom. The van der Waals surface area contributed by atoms with Crippen LogP contribution in [0.1, 0.15) is 33.1 Å². The summed E-state index contributed by atoms with van der Waals surface area (Å²) in [6.07, 6.45) is 3.77. The summed E-state index contributed by atoms with van der Waals surface area (Å²) in [6.45, 7) is 3.41. The predicted molar refractivity (Wildman–Crippen MR) is 75.8 cm³/mol. The Kier molecular flexibility index (Phi) is 6.55. The maximum absolute atomic E-state index is 13.4. The summed E-state index contributed by atoms with van der Waals surface area (Å²) < 4.78 is 39.3. The molecule has 0 bridgehead atoms. The van der Waals surface area contributed by atoms with E-state index in [1.807, 2.05) is 0 Å². The Bertz CT molecular complexity index is 421. The van der Waals surface area contributed by atoms with E-state index < -0.39 is 12.6 Å². The highest BCUT2D eigenvalue weighted by atomic mass is 19.3. The van der Waals surface area contributed by atoms with Gasteiger partial charge in [-0.25, -0.2) is 13.2 Å². The van der Waals surface area contributed by atoms with Crippen LogP contribution in [-0.4, -0.2) is 18.3 Å². The van der Waals surface area contributed by atoms with Crippen molar-refractivity contribution in [2.75, 3.05) is 0 Å². The Morgan fingerprint density at radius 1 is 1.35 bits per heavy atom. The van der Waals surface area contributed by atoms with Gasteiger partial charge in [-0.1, -0.05) is 13.0 Å². The molecule has 1 aliphatic carbocycles. The van der Waals surface area contributed by atoms with E-state index in [-0.39, 0.29) is 29.4 Å². The molecule has 1 unspecified atom stereocenters. The lowest BCUT2D eigenvalue weighted by Crippen LogP contribution is -2.20. The number of rotatable bonds is 8. The van der Waals surface area contributed by atoms with Gasteiger partial charge in [-0.3, -0.25) is 0 Å². The van der Waals surface area contributed by atoms with Gasteiger partial charge < -0.3 is 10.7 Å². The summed E-state index contributed by atoms with van der Waals surface area (Å²) >= 11 is 0. The minimum absolute atomic E-state index is 0.101. The van der Waals surface area contributed by atoms with Gasteiger partial charge >= 0.3 is 0 Å². The molecule has 0 aromatic heterocycles. The summed E-state index contributed by atoms with van der Waals surface area (Å²) in [5.74, 6) is 0.101. The van der Waals surface area contributed by atoms with Gasteiger partial charge in [0.05, 0.1) is 5.70 Å². The van der Waals surface area contributed by atoms with Crippen molar-refractivity contribution in [1.29, 1.82) is 5.41 Å². The summed E-state index contributed by atoms with van der Waals surface area (Å²) in [7, 11) is 0. The standard InChI is InChI=1S/C15H21F3N2/c1-3-5-12(8-11(16)4-2)20-14(15(17)18)9-13(19)10-6-7-10/h3,5,8-11,15,19-20H,4,6-7H2,1-2H3/b5-3-,12-8+,14-9-,19-13?. The molecule has 0 spiro atoms. The zero-order valence-electron chi connectivity index (χ0n) is 11.8. The van der Waals surface area contributed by atoms with Gasteiger partial charge in [0, 0.05) is 17.3 Å². The van der Waals surface area contributed by atoms with E-state index in [0.29, 0.717) is 0 Å². The smallest absolute Gasteiger partial charge is 0.278 e. The molecule has 1 saturated carbocycles. The fourth-order valence-corrected chi connectivity index (χ4v) is 1.63. The molecule has 0 amide bonds. The van der Waals surface area contributed by atoms with Crippen molar-refractivity contribution in [2.45, 2.75) is 45.7 Å². The van der Waals surface area contributed by atoms with Crippen molar-refractivity contribution < 1.29 is 13.2 Å². The third kappa shape index (κ3) is 5.63. The molecule has 1 fully saturated rings. The molecule has 0 aromatic carbocycles.